The molecule has 0 aromatic heterocycles. The third-order valence-corrected chi connectivity index (χ3v) is 4.45. The minimum atomic E-state index is 0.000530. The Kier molecular flexibility index (Phi) is 5.54. The summed E-state index contributed by atoms with van der Waals surface area (Å²) in [4.78, 5) is 27.1. The standard InChI is InChI=1S/C15H27N3O2/c1-12(2)17(11-13-5-7-16-8-6-13)9-10-18-14(19)3-4-15(18)20/h12-13,16H,3-11H2,1-2H3. The Hall–Kier alpha value is -0.940. The zero-order valence-electron chi connectivity index (χ0n) is 12.7. The van der Waals surface area contributed by atoms with Crippen LogP contribution in [0.3, 0.4) is 0 Å². The Morgan fingerprint density at radius 2 is 1.80 bits per heavy atom. The van der Waals surface area contributed by atoms with Crippen LogP contribution in [0.15, 0.2) is 0 Å². The fourth-order valence-electron chi connectivity index (χ4n) is 3.06. The van der Waals surface area contributed by atoms with Crippen molar-refractivity contribution in [2.45, 2.75) is 45.6 Å². The fourth-order valence-corrected chi connectivity index (χ4v) is 3.06. The molecule has 2 aliphatic rings. The van der Waals surface area contributed by atoms with Crippen LogP contribution in [0.25, 0.3) is 0 Å². The van der Waals surface area contributed by atoms with Crippen molar-refractivity contribution in [2.75, 3.05) is 32.7 Å². The zero-order valence-corrected chi connectivity index (χ0v) is 12.7. The third-order valence-electron chi connectivity index (χ3n) is 4.45. The van der Waals surface area contributed by atoms with E-state index in [9.17, 15) is 9.59 Å². The summed E-state index contributed by atoms with van der Waals surface area (Å²) in [6.07, 6.45) is 3.25. The van der Waals surface area contributed by atoms with Crippen LogP contribution in [-0.4, -0.2) is 60.4 Å². The number of hydrogen-bond acceptors (Lipinski definition) is 4. The molecule has 2 heterocycles. The first kappa shape index (κ1) is 15.4. The second kappa shape index (κ2) is 7.18. The average molecular weight is 281 g/mol. The molecule has 0 aromatic rings. The average Bonchev–Trinajstić information content (AvgIpc) is 2.75. The van der Waals surface area contributed by atoms with E-state index in [-0.39, 0.29) is 11.8 Å². The first-order chi connectivity index (χ1) is 9.58. The Morgan fingerprint density at radius 1 is 1.20 bits per heavy atom. The Balaban J connectivity index is 1.82. The molecule has 5 nitrogen and oxygen atoms in total. The summed E-state index contributed by atoms with van der Waals surface area (Å²) in [7, 11) is 0. The maximum absolute atomic E-state index is 11.6. The quantitative estimate of drug-likeness (QED) is 0.733. The number of nitrogens with one attached hydrogen (secondary N) is 1. The summed E-state index contributed by atoms with van der Waals surface area (Å²) in [6.45, 7) is 9.04. The number of amides is 2. The molecule has 0 radical (unpaired) electrons. The molecular weight excluding hydrogens is 254 g/mol. The minimum Gasteiger partial charge on any atom is -0.317 e. The van der Waals surface area contributed by atoms with Crippen LogP contribution in [0.4, 0.5) is 0 Å². The van der Waals surface area contributed by atoms with Crippen molar-refractivity contribution in [3.63, 3.8) is 0 Å². The summed E-state index contributed by atoms with van der Waals surface area (Å²) in [5.41, 5.74) is 0. The van der Waals surface area contributed by atoms with Crippen molar-refractivity contribution in [2.24, 2.45) is 5.92 Å². The smallest absolute Gasteiger partial charge is 0.229 e. The van der Waals surface area contributed by atoms with Gasteiger partial charge in [0.1, 0.15) is 0 Å². The van der Waals surface area contributed by atoms with Gasteiger partial charge in [-0.1, -0.05) is 0 Å². The van der Waals surface area contributed by atoms with E-state index in [1.165, 1.54) is 17.7 Å². The highest BCUT2D eigenvalue weighted by Gasteiger charge is 2.29. The lowest BCUT2D eigenvalue weighted by atomic mass is 9.97. The second-order valence-corrected chi connectivity index (χ2v) is 6.22. The number of carbonyl (C=O) groups excluding carboxylic acids is 2. The van der Waals surface area contributed by atoms with Crippen LogP contribution in [0, 0.1) is 5.92 Å². The van der Waals surface area contributed by atoms with Crippen LogP contribution in [0.1, 0.15) is 39.5 Å². The van der Waals surface area contributed by atoms with Crippen LogP contribution in [0.2, 0.25) is 0 Å². The SMILES string of the molecule is CC(C)N(CCN1C(=O)CCC1=O)CC1CCNCC1. The van der Waals surface area contributed by atoms with Crippen LogP contribution in [-0.2, 0) is 9.59 Å². The first-order valence-corrected chi connectivity index (χ1v) is 7.86. The van der Waals surface area contributed by atoms with Gasteiger partial charge in [-0.25, -0.2) is 0 Å². The van der Waals surface area contributed by atoms with Crippen molar-refractivity contribution < 1.29 is 9.59 Å². The molecule has 2 aliphatic heterocycles. The molecule has 20 heavy (non-hydrogen) atoms. The number of likely N-dealkylation sites (tertiary alicyclic amines) is 1. The number of carbonyl (C=O) groups is 2. The predicted molar refractivity (Wildman–Crippen MR) is 78.3 cm³/mol. The van der Waals surface area contributed by atoms with Crippen molar-refractivity contribution in [1.82, 2.24) is 15.1 Å². The van der Waals surface area contributed by atoms with Gasteiger partial charge in [0.05, 0.1) is 0 Å². The van der Waals surface area contributed by atoms with Crippen molar-refractivity contribution in [3.05, 3.63) is 0 Å². The summed E-state index contributed by atoms with van der Waals surface area (Å²) in [6, 6.07) is 0.456. The molecule has 0 aromatic carbocycles. The van der Waals surface area contributed by atoms with Gasteiger partial charge in [0.25, 0.3) is 0 Å². The Labute approximate surface area is 121 Å². The highest BCUT2D eigenvalue weighted by atomic mass is 16.2. The van der Waals surface area contributed by atoms with Gasteiger partial charge >= 0.3 is 0 Å². The molecule has 0 atom stereocenters. The van der Waals surface area contributed by atoms with E-state index in [1.54, 1.807) is 0 Å². The number of rotatable bonds is 6. The lowest BCUT2D eigenvalue weighted by Gasteiger charge is -2.33. The summed E-state index contributed by atoms with van der Waals surface area (Å²) < 4.78 is 0. The van der Waals surface area contributed by atoms with Crippen molar-refractivity contribution in [1.29, 1.82) is 0 Å². The summed E-state index contributed by atoms with van der Waals surface area (Å²) in [5, 5.41) is 3.39. The van der Waals surface area contributed by atoms with Gasteiger partial charge in [-0.05, 0) is 45.7 Å². The molecule has 0 unspecified atom stereocenters. The number of imide groups is 1. The second-order valence-electron chi connectivity index (χ2n) is 6.22. The molecule has 2 amide bonds. The maximum atomic E-state index is 11.6. The van der Waals surface area contributed by atoms with E-state index in [0.717, 1.165) is 32.1 Å². The van der Waals surface area contributed by atoms with E-state index in [4.69, 9.17) is 0 Å². The molecule has 2 fully saturated rings. The van der Waals surface area contributed by atoms with Crippen LogP contribution in [0.5, 0.6) is 0 Å². The van der Waals surface area contributed by atoms with E-state index < -0.39 is 0 Å². The van der Waals surface area contributed by atoms with E-state index >= 15 is 0 Å². The maximum Gasteiger partial charge on any atom is 0.229 e. The number of hydrogen-bond donors (Lipinski definition) is 1. The summed E-state index contributed by atoms with van der Waals surface area (Å²) >= 11 is 0. The largest absolute Gasteiger partial charge is 0.317 e. The lowest BCUT2D eigenvalue weighted by Crippen LogP contribution is -2.44. The summed E-state index contributed by atoms with van der Waals surface area (Å²) in [5.74, 6) is 0.741. The Bertz CT molecular complexity index is 335. The van der Waals surface area contributed by atoms with Crippen molar-refractivity contribution in [3.8, 4) is 0 Å². The molecule has 2 saturated heterocycles. The molecule has 0 bridgehead atoms. The number of nitrogens with zero attached hydrogens (tertiary/aromatic N) is 2. The molecule has 0 spiro atoms. The van der Waals surface area contributed by atoms with Gasteiger partial charge in [-0.15, -0.1) is 0 Å². The predicted octanol–water partition coefficient (Wildman–Crippen LogP) is 0.845. The van der Waals surface area contributed by atoms with Gasteiger partial charge in [0.2, 0.25) is 11.8 Å². The minimum absolute atomic E-state index is 0.000530. The fraction of sp³-hybridized carbons (Fsp3) is 0.867. The zero-order chi connectivity index (χ0) is 14.5. The van der Waals surface area contributed by atoms with E-state index in [1.807, 2.05) is 0 Å². The lowest BCUT2D eigenvalue weighted by molar-refractivity contribution is -0.138. The molecule has 1 N–H and O–H groups in total. The van der Waals surface area contributed by atoms with Gasteiger partial charge in [0.15, 0.2) is 0 Å². The topological polar surface area (TPSA) is 52.7 Å². The highest BCUT2D eigenvalue weighted by Crippen LogP contribution is 2.16. The third kappa shape index (κ3) is 4.03. The molecular formula is C15H27N3O2. The van der Waals surface area contributed by atoms with Crippen LogP contribution >= 0.6 is 0 Å². The van der Waals surface area contributed by atoms with E-state index in [0.29, 0.717) is 25.4 Å². The molecule has 114 valence electrons. The molecule has 2 rings (SSSR count). The van der Waals surface area contributed by atoms with Gasteiger partial charge < -0.3 is 5.32 Å². The molecule has 0 saturated carbocycles. The highest BCUT2D eigenvalue weighted by molar-refractivity contribution is 6.01. The van der Waals surface area contributed by atoms with Crippen molar-refractivity contribution >= 4 is 11.8 Å². The van der Waals surface area contributed by atoms with E-state index in [2.05, 4.69) is 24.1 Å². The first-order valence-electron chi connectivity index (χ1n) is 7.86. The molecule has 0 aliphatic carbocycles. The van der Waals surface area contributed by atoms with Gasteiger partial charge in [-0.3, -0.25) is 19.4 Å². The molecule has 5 heteroatoms. The normalized spacial score (nSPS) is 21.5. The van der Waals surface area contributed by atoms with Crippen LogP contribution < -0.4 is 5.32 Å². The Morgan fingerprint density at radius 3 is 2.35 bits per heavy atom. The number of piperidine rings is 1. The van der Waals surface area contributed by atoms with Gasteiger partial charge in [0, 0.05) is 38.5 Å². The van der Waals surface area contributed by atoms with Gasteiger partial charge in [-0.2, -0.15) is 0 Å². The monoisotopic (exact) mass is 281 g/mol.